The Bertz CT molecular complexity index is 669. The fourth-order valence-corrected chi connectivity index (χ4v) is 3.22. The summed E-state index contributed by atoms with van der Waals surface area (Å²) < 4.78 is 1.01. The molecule has 2 aromatic carbocycles. The molecule has 0 aliphatic carbocycles. The number of carbonyl (C=O) groups is 1. The van der Waals surface area contributed by atoms with Gasteiger partial charge in [0.05, 0.1) is 6.54 Å². The van der Waals surface area contributed by atoms with Crippen molar-refractivity contribution in [1.29, 1.82) is 0 Å². The minimum Gasteiger partial charge on any atom is -0.325 e. The van der Waals surface area contributed by atoms with E-state index in [1.165, 1.54) is 11.1 Å². The summed E-state index contributed by atoms with van der Waals surface area (Å²) in [6.45, 7) is 3.52. The Labute approximate surface area is 139 Å². The van der Waals surface area contributed by atoms with Crippen LogP contribution in [0.25, 0.3) is 0 Å². The van der Waals surface area contributed by atoms with E-state index in [1.54, 1.807) is 0 Å². The molecule has 114 valence electrons. The van der Waals surface area contributed by atoms with Crippen LogP contribution in [0.5, 0.6) is 0 Å². The van der Waals surface area contributed by atoms with Gasteiger partial charge in [0.1, 0.15) is 0 Å². The Hall–Kier alpha value is -1.65. The van der Waals surface area contributed by atoms with Crippen LogP contribution in [0.15, 0.2) is 53.0 Å². The fraction of sp³-hybridized carbons (Fsp3) is 0.278. The van der Waals surface area contributed by atoms with Gasteiger partial charge in [-0.15, -0.1) is 0 Å². The lowest BCUT2D eigenvalue weighted by atomic mass is 9.94. The highest BCUT2D eigenvalue weighted by Gasteiger charge is 2.24. The molecular formula is C18H19BrN2O. The van der Waals surface area contributed by atoms with E-state index in [0.717, 1.165) is 23.1 Å². The van der Waals surface area contributed by atoms with E-state index in [4.69, 9.17) is 0 Å². The van der Waals surface area contributed by atoms with E-state index < -0.39 is 0 Å². The SMILES string of the molecule is CC1c2ccccc2CCN1CC(=O)Nc1ccc(Br)cc1. The molecule has 0 fully saturated rings. The Morgan fingerprint density at radius 3 is 2.73 bits per heavy atom. The molecule has 1 aliphatic heterocycles. The van der Waals surface area contributed by atoms with Gasteiger partial charge in [-0.25, -0.2) is 0 Å². The van der Waals surface area contributed by atoms with Crippen molar-refractivity contribution < 1.29 is 4.79 Å². The van der Waals surface area contributed by atoms with Gasteiger partial charge in [0.2, 0.25) is 5.91 Å². The second kappa shape index (κ2) is 6.63. The number of halogens is 1. The molecule has 1 N–H and O–H groups in total. The first-order valence-electron chi connectivity index (χ1n) is 7.51. The molecule has 4 heteroatoms. The first kappa shape index (κ1) is 15.3. The molecule has 2 aromatic rings. The summed E-state index contributed by atoms with van der Waals surface area (Å²) in [5.41, 5.74) is 3.57. The summed E-state index contributed by atoms with van der Waals surface area (Å²) >= 11 is 3.39. The van der Waals surface area contributed by atoms with Crippen LogP contribution in [0.1, 0.15) is 24.1 Å². The largest absolute Gasteiger partial charge is 0.325 e. The lowest BCUT2D eigenvalue weighted by Crippen LogP contribution is -2.39. The number of benzene rings is 2. The third kappa shape index (κ3) is 3.39. The number of hydrogen-bond donors (Lipinski definition) is 1. The van der Waals surface area contributed by atoms with Crippen molar-refractivity contribution in [3.05, 3.63) is 64.1 Å². The van der Waals surface area contributed by atoms with E-state index in [0.29, 0.717) is 6.54 Å². The molecule has 1 atom stereocenters. The van der Waals surface area contributed by atoms with Gasteiger partial charge in [0, 0.05) is 22.7 Å². The number of amides is 1. The number of anilines is 1. The summed E-state index contributed by atoms with van der Waals surface area (Å²) in [7, 11) is 0. The van der Waals surface area contributed by atoms with Crippen molar-refractivity contribution >= 4 is 27.5 Å². The second-order valence-electron chi connectivity index (χ2n) is 5.65. The molecule has 0 saturated carbocycles. The highest BCUT2D eigenvalue weighted by atomic mass is 79.9. The Morgan fingerprint density at radius 1 is 1.23 bits per heavy atom. The zero-order chi connectivity index (χ0) is 15.5. The highest BCUT2D eigenvalue weighted by molar-refractivity contribution is 9.10. The van der Waals surface area contributed by atoms with Gasteiger partial charge in [-0.3, -0.25) is 9.69 Å². The summed E-state index contributed by atoms with van der Waals surface area (Å²) in [6.07, 6.45) is 1.01. The Balaban J connectivity index is 1.64. The zero-order valence-corrected chi connectivity index (χ0v) is 14.1. The lowest BCUT2D eigenvalue weighted by Gasteiger charge is -2.34. The Kier molecular flexibility index (Phi) is 4.60. The van der Waals surface area contributed by atoms with Crippen LogP contribution in [0, 0.1) is 0 Å². The smallest absolute Gasteiger partial charge is 0.238 e. The summed E-state index contributed by atoms with van der Waals surface area (Å²) in [4.78, 5) is 14.5. The standard InChI is InChI=1S/C18H19BrN2O/c1-13-17-5-3-2-4-14(17)10-11-21(13)12-18(22)20-16-8-6-15(19)7-9-16/h2-9,13H,10-12H2,1H3,(H,20,22). The quantitative estimate of drug-likeness (QED) is 0.898. The maximum absolute atomic E-state index is 12.3. The molecular weight excluding hydrogens is 340 g/mol. The second-order valence-corrected chi connectivity index (χ2v) is 6.57. The van der Waals surface area contributed by atoms with E-state index in [9.17, 15) is 4.79 Å². The van der Waals surface area contributed by atoms with E-state index in [1.807, 2.05) is 24.3 Å². The summed E-state index contributed by atoms with van der Waals surface area (Å²) in [5, 5.41) is 2.96. The number of fused-ring (bicyclic) bond motifs is 1. The molecule has 0 aromatic heterocycles. The van der Waals surface area contributed by atoms with Gasteiger partial charge < -0.3 is 5.32 Å². The molecule has 3 nitrogen and oxygen atoms in total. The fourth-order valence-electron chi connectivity index (χ4n) is 2.96. The van der Waals surface area contributed by atoms with E-state index in [-0.39, 0.29) is 11.9 Å². The van der Waals surface area contributed by atoms with Crippen LogP contribution in [0.4, 0.5) is 5.69 Å². The minimum absolute atomic E-state index is 0.0357. The monoisotopic (exact) mass is 358 g/mol. The normalized spacial score (nSPS) is 17.8. The van der Waals surface area contributed by atoms with Gasteiger partial charge in [-0.1, -0.05) is 40.2 Å². The van der Waals surface area contributed by atoms with Crippen LogP contribution in [-0.2, 0) is 11.2 Å². The molecule has 0 saturated heterocycles. The number of hydrogen-bond acceptors (Lipinski definition) is 2. The molecule has 1 amide bonds. The predicted octanol–water partition coefficient (Wildman–Crippen LogP) is 4.01. The molecule has 1 heterocycles. The van der Waals surface area contributed by atoms with Gasteiger partial charge in [-0.2, -0.15) is 0 Å². The van der Waals surface area contributed by atoms with Crippen LogP contribution >= 0.6 is 15.9 Å². The first-order chi connectivity index (χ1) is 10.6. The maximum Gasteiger partial charge on any atom is 0.238 e. The average molecular weight is 359 g/mol. The maximum atomic E-state index is 12.3. The lowest BCUT2D eigenvalue weighted by molar-refractivity contribution is -0.117. The number of rotatable bonds is 3. The van der Waals surface area contributed by atoms with Gasteiger partial charge in [0.25, 0.3) is 0 Å². The topological polar surface area (TPSA) is 32.3 Å². The van der Waals surface area contributed by atoms with Crippen molar-refractivity contribution in [2.24, 2.45) is 0 Å². The number of nitrogens with one attached hydrogen (secondary N) is 1. The van der Waals surface area contributed by atoms with E-state index >= 15 is 0 Å². The summed E-state index contributed by atoms with van der Waals surface area (Å²) in [5.74, 6) is 0.0357. The molecule has 0 radical (unpaired) electrons. The van der Waals surface area contributed by atoms with Crippen molar-refractivity contribution in [3.8, 4) is 0 Å². The van der Waals surface area contributed by atoms with Crippen molar-refractivity contribution in [1.82, 2.24) is 4.90 Å². The number of nitrogens with zero attached hydrogens (tertiary/aromatic N) is 1. The third-order valence-electron chi connectivity index (χ3n) is 4.20. The molecule has 0 bridgehead atoms. The molecule has 3 rings (SSSR count). The molecule has 1 unspecified atom stereocenters. The van der Waals surface area contributed by atoms with Crippen LogP contribution in [0.2, 0.25) is 0 Å². The van der Waals surface area contributed by atoms with Gasteiger partial charge in [0.15, 0.2) is 0 Å². The van der Waals surface area contributed by atoms with Crippen molar-refractivity contribution in [3.63, 3.8) is 0 Å². The molecule has 22 heavy (non-hydrogen) atoms. The number of carbonyl (C=O) groups excluding carboxylic acids is 1. The van der Waals surface area contributed by atoms with Crippen LogP contribution < -0.4 is 5.32 Å². The Morgan fingerprint density at radius 2 is 1.95 bits per heavy atom. The average Bonchev–Trinajstić information content (AvgIpc) is 2.53. The minimum atomic E-state index is 0.0357. The van der Waals surface area contributed by atoms with Gasteiger partial charge in [-0.05, 0) is 48.7 Å². The van der Waals surface area contributed by atoms with E-state index in [2.05, 4.69) is 57.3 Å². The first-order valence-corrected chi connectivity index (χ1v) is 8.30. The predicted molar refractivity (Wildman–Crippen MR) is 92.9 cm³/mol. The highest BCUT2D eigenvalue weighted by Crippen LogP contribution is 2.28. The zero-order valence-electron chi connectivity index (χ0n) is 12.6. The van der Waals surface area contributed by atoms with Crippen molar-refractivity contribution in [2.75, 3.05) is 18.4 Å². The summed E-state index contributed by atoms with van der Waals surface area (Å²) in [6, 6.07) is 16.4. The third-order valence-corrected chi connectivity index (χ3v) is 4.72. The van der Waals surface area contributed by atoms with Crippen LogP contribution in [-0.4, -0.2) is 23.9 Å². The van der Waals surface area contributed by atoms with Crippen molar-refractivity contribution in [2.45, 2.75) is 19.4 Å². The van der Waals surface area contributed by atoms with Gasteiger partial charge >= 0.3 is 0 Å². The van der Waals surface area contributed by atoms with Crippen LogP contribution in [0.3, 0.4) is 0 Å². The molecule has 1 aliphatic rings. The molecule has 0 spiro atoms.